The number of carbonyl (C=O) groups is 2. The molecular formula is C24H25F3N4O3. The lowest BCUT2D eigenvalue weighted by Gasteiger charge is -2.30. The van der Waals surface area contributed by atoms with Crippen LogP contribution in [-0.4, -0.2) is 67.2 Å². The number of likely N-dealkylation sites (N-methyl/N-ethyl adjacent to an activating group) is 1. The van der Waals surface area contributed by atoms with Gasteiger partial charge in [-0.2, -0.15) is 13.2 Å². The van der Waals surface area contributed by atoms with E-state index in [0.29, 0.717) is 11.3 Å². The maximum atomic E-state index is 13.0. The number of alkyl halides is 3. The zero-order valence-electron chi connectivity index (χ0n) is 18.6. The Labute approximate surface area is 195 Å². The maximum Gasteiger partial charge on any atom is 0.422 e. The molecule has 1 aliphatic heterocycles. The molecule has 0 saturated carbocycles. The molecule has 0 spiro atoms. The molecule has 10 heteroatoms. The van der Waals surface area contributed by atoms with Gasteiger partial charge in [-0.25, -0.2) is 4.98 Å². The van der Waals surface area contributed by atoms with Crippen molar-refractivity contribution in [3.63, 3.8) is 0 Å². The highest BCUT2D eigenvalue weighted by Crippen LogP contribution is 2.24. The fourth-order valence-electron chi connectivity index (χ4n) is 3.59. The third-order valence-corrected chi connectivity index (χ3v) is 5.18. The maximum absolute atomic E-state index is 13.0. The van der Waals surface area contributed by atoms with Gasteiger partial charge in [0, 0.05) is 23.7 Å². The highest BCUT2D eigenvalue weighted by atomic mass is 19.4. The summed E-state index contributed by atoms with van der Waals surface area (Å²) in [6.07, 6.45) is 2.56. The number of terminal acetylenes is 1. The Morgan fingerprint density at radius 1 is 1.24 bits per heavy atom. The van der Waals surface area contributed by atoms with E-state index in [1.165, 1.54) is 36.4 Å². The van der Waals surface area contributed by atoms with Gasteiger partial charge in [0.25, 0.3) is 11.8 Å². The van der Waals surface area contributed by atoms with E-state index in [1.54, 1.807) is 0 Å². The molecule has 1 fully saturated rings. The van der Waals surface area contributed by atoms with Gasteiger partial charge in [-0.05, 0) is 62.8 Å². The number of amides is 2. The smallest absolute Gasteiger partial charge is 0.422 e. The lowest BCUT2D eigenvalue weighted by molar-refractivity contribution is -0.153. The average molecular weight is 474 g/mol. The molecule has 3 rings (SSSR count). The number of likely N-dealkylation sites (tertiary alicyclic amines) is 1. The normalized spacial score (nSPS) is 16.4. The summed E-state index contributed by atoms with van der Waals surface area (Å²) < 4.78 is 41.9. The summed E-state index contributed by atoms with van der Waals surface area (Å²) in [5.41, 5.74) is 1.04. The minimum absolute atomic E-state index is 0.00365. The van der Waals surface area contributed by atoms with E-state index in [4.69, 9.17) is 11.2 Å². The van der Waals surface area contributed by atoms with Crippen LogP contribution < -0.4 is 15.4 Å². The summed E-state index contributed by atoms with van der Waals surface area (Å²) >= 11 is 0. The van der Waals surface area contributed by atoms with Gasteiger partial charge in [-0.1, -0.05) is 5.92 Å². The van der Waals surface area contributed by atoms with Crippen molar-refractivity contribution in [1.82, 2.24) is 20.5 Å². The van der Waals surface area contributed by atoms with Crippen LogP contribution >= 0.6 is 0 Å². The van der Waals surface area contributed by atoms with E-state index in [2.05, 4.69) is 26.4 Å². The first kappa shape index (κ1) is 25.1. The first-order valence-electron chi connectivity index (χ1n) is 10.7. The second-order valence-electron chi connectivity index (χ2n) is 8.02. The van der Waals surface area contributed by atoms with Gasteiger partial charge in [0.05, 0.1) is 12.2 Å². The quantitative estimate of drug-likeness (QED) is 0.603. The van der Waals surface area contributed by atoms with Gasteiger partial charge < -0.3 is 20.3 Å². The minimum Gasteiger partial charge on any atom is -0.484 e. The van der Waals surface area contributed by atoms with Crippen molar-refractivity contribution in [3.05, 3.63) is 47.7 Å². The molecular weight excluding hydrogens is 449 g/mol. The van der Waals surface area contributed by atoms with Gasteiger partial charge in [-0.15, -0.1) is 6.42 Å². The number of carbonyl (C=O) groups excluding carboxylic acids is 2. The molecule has 180 valence electrons. The van der Waals surface area contributed by atoms with E-state index in [-0.39, 0.29) is 35.5 Å². The summed E-state index contributed by atoms with van der Waals surface area (Å²) in [6, 6.07) is 8.65. The zero-order chi connectivity index (χ0) is 24.7. The van der Waals surface area contributed by atoms with Crippen molar-refractivity contribution < 1.29 is 27.5 Å². The predicted molar refractivity (Wildman–Crippen MR) is 120 cm³/mol. The van der Waals surface area contributed by atoms with Crippen molar-refractivity contribution in [2.45, 2.75) is 25.1 Å². The first-order chi connectivity index (χ1) is 16.1. The molecule has 7 nitrogen and oxygen atoms in total. The second kappa shape index (κ2) is 11.0. The average Bonchev–Trinajstić information content (AvgIpc) is 2.80. The third kappa shape index (κ3) is 7.22. The van der Waals surface area contributed by atoms with Crippen LogP contribution in [0.2, 0.25) is 0 Å². The number of benzene rings is 1. The summed E-state index contributed by atoms with van der Waals surface area (Å²) in [5, 5.41) is 5.51. The number of hydrogen-bond acceptors (Lipinski definition) is 5. The summed E-state index contributed by atoms with van der Waals surface area (Å²) in [7, 11) is 1.98. The van der Waals surface area contributed by atoms with Crippen LogP contribution in [0, 0.1) is 12.3 Å². The van der Waals surface area contributed by atoms with Crippen LogP contribution in [0.1, 0.15) is 33.7 Å². The second-order valence-corrected chi connectivity index (χ2v) is 8.02. The molecule has 0 radical (unpaired) electrons. The number of piperidine rings is 1. The molecule has 1 saturated heterocycles. The van der Waals surface area contributed by atoms with Gasteiger partial charge in [0.15, 0.2) is 6.61 Å². The number of rotatable bonds is 7. The molecule has 1 unspecified atom stereocenters. The van der Waals surface area contributed by atoms with Gasteiger partial charge in [0.2, 0.25) is 0 Å². The fraction of sp³-hybridized carbons (Fsp3) is 0.375. The van der Waals surface area contributed by atoms with Gasteiger partial charge >= 0.3 is 6.18 Å². The van der Waals surface area contributed by atoms with E-state index in [1.807, 2.05) is 7.05 Å². The van der Waals surface area contributed by atoms with Crippen LogP contribution in [0.4, 0.5) is 13.2 Å². The van der Waals surface area contributed by atoms with Crippen LogP contribution in [-0.2, 0) is 0 Å². The number of pyridine rings is 1. The van der Waals surface area contributed by atoms with E-state index < -0.39 is 18.7 Å². The minimum atomic E-state index is -4.45. The Bertz CT molecular complexity index is 1060. The molecule has 2 aromatic rings. The Morgan fingerprint density at radius 3 is 2.62 bits per heavy atom. The molecule has 34 heavy (non-hydrogen) atoms. The standard InChI is InChI=1S/C24H25F3N4O3/c1-3-10-28-23(33)21-13-17(22(32)29-18-5-4-11-31(2)14-18)12-20(30-21)16-6-8-19(9-7-16)34-15-24(25,26)27/h1,6-9,12-13,18H,4-5,10-11,14-15H2,2H3,(H,28,33)(H,29,32). The molecule has 0 aliphatic carbocycles. The Morgan fingerprint density at radius 2 is 1.97 bits per heavy atom. The van der Waals surface area contributed by atoms with E-state index in [0.717, 1.165) is 25.9 Å². The monoisotopic (exact) mass is 474 g/mol. The van der Waals surface area contributed by atoms with E-state index >= 15 is 0 Å². The predicted octanol–water partition coefficient (Wildman–Crippen LogP) is 2.88. The third-order valence-electron chi connectivity index (χ3n) is 5.18. The van der Waals surface area contributed by atoms with Crippen LogP contribution in [0.5, 0.6) is 5.75 Å². The fourth-order valence-corrected chi connectivity index (χ4v) is 3.59. The summed E-state index contributed by atoms with van der Waals surface area (Å²) in [6.45, 7) is 0.272. The number of halogens is 3. The molecule has 0 bridgehead atoms. The van der Waals surface area contributed by atoms with Crippen molar-refractivity contribution in [1.29, 1.82) is 0 Å². The highest BCUT2D eigenvalue weighted by molar-refractivity contribution is 6.00. The lowest BCUT2D eigenvalue weighted by atomic mass is 10.0. The SMILES string of the molecule is C#CCNC(=O)c1cc(C(=O)NC2CCCN(C)C2)cc(-c2ccc(OCC(F)(F)F)cc2)n1. The highest BCUT2D eigenvalue weighted by Gasteiger charge is 2.28. The van der Waals surface area contributed by atoms with Gasteiger partial charge in [-0.3, -0.25) is 9.59 Å². The Kier molecular flexibility index (Phi) is 8.12. The number of aromatic nitrogens is 1. The zero-order valence-corrected chi connectivity index (χ0v) is 18.6. The van der Waals surface area contributed by atoms with Crippen molar-refractivity contribution in [2.24, 2.45) is 0 Å². The van der Waals surface area contributed by atoms with E-state index in [9.17, 15) is 22.8 Å². The van der Waals surface area contributed by atoms with Gasteiger partial charge in [0.1, 0.15) is 11.4 Å². The van der Waals surface area contributed by atoms with Crippen molar-refractivity contribution >= 4 is 11.8 Å². The number of hydrogen-bond donors (Lipinski definition) is 2. The number of nitrogens with zero attached hydrogens (tertiary/aromatic N) is 2. The molecule has 1 aromatic heterocycles. The summed E-state index contributed by atoms with van der Waals surface area (Å²) in [4.78, 5) is 31.9. The molecule has 2 N–H and O–H groups in total. The van der Waals surface area contributed by atoms with Crippen molar-refractivity contribution in [3.8, 4) is 29.4 Å². The number of nitrogens with one attached hydrogen (secondary N) is 2. The first-order valence-corrected chi connectivity index (χ1v) is 10.7. The Balaban J connectivity index is 1.86. The van der Waals surface area contributed by atoms with Crippen LogP contribution in [0.15, 0.2) is 36.4 Å². The summed E-state index contributed by atoms with van der Waals surface area (Å²) in [5.74, 6) is 1.44. The molecule has 1 aliphatic rings. The topological polar surface area (TPSA) is 83.6 Å². The lowest BCUT2D eigenvalue weighted by Crippen LogP contribution is -2.46. The molecule has 1 aromatic carbocycles. The molecule has 2 amide bonds. The van der Waals surface area contributed by atoms with Crippen LogP contribution in [0.3, 0.4) is 0 Å². The molecule has 2 heterocycles. The molecule has 1 atom stereocenters. The van der Waals surface area contributed by atoms with Crippen molar-refractivity contribution in [2.75, 3.05) is 33.3 Å². The Hall–Kier alpha value is -3.58. The van der Waals surface area contributed by atoms with Crippen LogP contribution in [0.25, 0.3) is 11.3 Å². The largest absolute Gasteiger partial charge is 0.484 e. The number of ether oxygens (including phenoxy) is 1.